The molecule has 0 heterocycles. The van der Waals surface area contributed by atoms with Crippen molar-refractivity contribution >= 4 is 33.0 Å². The predicted octanol–water partition coefficient (Wildman–Crippen LogP) is 4.95. The number of halogens is 4. The van der Waals surface area contributed by atoms with E-state index in [1.807, 2.05) is 6.92 Å². The molecule has 29 heavy (non-hydrogen) atoms. The third-order valence-electron chi connectivity index (χ3n) is 3.81. The van der Waals surface area contributed by atoms with E-state index in [0.717, 1.165) is 18.2 Å². The first kappa shape index (κ1) is 23.0. The van der Waals surface area contributed by atoms with Gasteiger partial charge in [0.15, 0.2) is 9.84 Å². The van der Waals surface area contributed by atoms with Gasteiger partial charge in [-0.25, -0.2) is 8.42 Å². The van der Waals surface area contributed by atoms with Crippen molar-refractivity contribution < 1.29 is 31.1 Å². The predicted molar refractivity (Wildman–Crippen MR) is 104 cm³/mol. The molecule has 0 aromatic heterocycles. The van der Waals surface area contributed by atoms with Gasteiger partial charge in [0.2, 0.25) is 5.91 Å². The smallest absolute Gasteiger partial charge is 0.416 e. The Morgan fingerprint density at radius 3 is 2.38 bits per heavy atom. The Morgan fingerprint density at radius 1 is 1.14 bits per heavy atom. The Balaban J connectivity index is 2.13. The third-order valence-corrected chi connectivity index (χ3v) is 5.80. The minimum absolute atomic E-state index is 0.000682. The van der Waals surface area contributed by atoms with Crippen LogP contribution in [0.4, 0.5) is 18.9 Å². The van der Waals surface area contributed by atoms with Crippen molar-refractivity contribution in [3.05, 3.63) is 53.1 Å². The molecular formula is C19H19ClF3NO4S. The van der Waals surface area contributed by atoms with E-state index in [-0.39, 0.29) is 22.9 Å². The molecule has 0 saturated carbocycles. The number of nitrogens with one attached hydrogen (secondary N) is 1. The third kappa shape index (κ3) is 6.64. The van der Waals surface area contributed by atoms with Crippen LogP contribution >= 0.6 is 11.6 Å². The quantitative estimate of drug-likeness (QED) is 0.619. The molecule has 0 spiro atoms. The van der Waals surface area contributed by atoms with Gasteiger partial charge in [0.25, 0.3) is 0 Å². The topological polar surface area (TPSA) is 72.5 Å². The molecule has 0 saturated heterocycles. The zero-order valence-electron chi connectivity index (χ0n) is 15.4. The standard InChI is InChI=1S/C19H19ClF3NO4S/c1-2-10-28-17-8-3-13(19(21,22)23)12-16(17)24-18(25)9-11-29(26,27)15-6-4-14(20)5-7-15/h3-8,12H,2,9-11H2,1H3,(H,24,25). The monoisotopic (exact) mass is 449 g/mol. The van der Waals surface area contributed by atoms with Gasteiger partial charge in [0.1, 0.15) is 5.75 Å². The van der Waals surface area contributed by atoms with Crippen LogP contribution in [0.15, 0.2) is 47.4 Å². The van der Waals surface area contributed by atoms with Crippen LogP contribution in [-0.2, 0) is 20.8 Å². The Kier molecular flexibility index (Phi) is 7.54. The van der Waals surface area contributed by atoms with Gasteiger partial charge in [-0.15, -0.1) is 0 Å². The van der Waals surface area contributed by atoms with Gasteiger partial charge in [-0.1, -0.05) is 18.5 Å². The fraction of sp³-hybridized carbons (Fsp3) is 0.316. The summed E-state index contributed by atoms with van der Waals surface area (Å²) in [5.41, 5.74) is -1.12. The van der Waals surface area contributed by atoms with Crippen LogP contribution in [0.3, 0.4) is 0 Å². The van der Waals surface area contributed by atoms with E-state index < -0.39 is 39.7 Å². The molecular weight excluding hydrogens is 431 g/mol. The van der Waals surface area contributed by atoms with Gasteiger partial charge in [-0.05, 0) is 48.9 Å². The van der Waals surface area contributed by atoms with Gasteiger partial charge in [0, 0.05) is 11.4 Å². The van der Waals surface area contributed by atoms with Crippen molar-refractivity contribution in [2.75, 3.05) is 17.7 Å². The molecule has 0 fully saturated rings. The maximum atomic E-state index is 13.0. The Morgan fingerprint density at radius 2 is 1.79 bits per heavy atom. The first-order valence-corrected chi connectivity index (χ1v) is 10.7. The molecule has 5 nitrogen and oxygen atoms in total. The highest BCUT2D eigenvalue weighted by atomic mass is 35.5. The van der Waals surface area contributed by atoms with E-state index in [1.54, 1.807) is 0 Å². The van der Waals surface area contributed by atoms with Gasteiger partial charge in [0.05, 0.1) is 28.5 Å². The van der Waals surface area contributed by atoms with E-state index >= 15 is 0 Å². The number of anilines is 1. The van der Waals surface area contributed by atoms with Crippen molar-refractivity contribution in [3.8, 4) is 5.75 Å². The molecule has 158 valence electrons. The second-order valence-electron chi connectivity index (χ2n) is 6.13. The fourth-order valence-electron chi connectivity index (χ4n) is 2.34. The van der Waals surface area contributed by atoms with Crippen LogP contribution in [0.2, 0.25) is 5.02 Å². The first-order chi connectivity index (χ1) is 13.5. The molecule has 0 unspecified atom stereocenters. The van der Waals surface area contributed by atoms with Crippen molar-refractivity contribution in [2.45, 2.75) is 30.8 Å². The Labute approximate surface area is 171 Å². The lowest BCUT2D eigenvalue weighted by Gasteiger charge is -2.15. The van der Waals surface area contributed by atoms with Crippen molar-refractivity contribution in [1.29, 1.82) is 0 Å². The number of hydrogen-bond donors (Lipinski definition) is 1. The summed E-state index contributed by atoms with van der Waals surface area (Å²) in [6, 6.07) is 8.20. The molecule has 0 aliphatic heterocycles. The molecule has 0 radical (unpaired) electrons. The van der Waals surface area contributed by atoms with Crippen LogP contribution in [0, 0.1) is 0 Å². The summed E-state index contributed by atoms with van der Waals surface area (Å²) in [6.45, 7) is 2.07. The van der Waals surface area contributed by atoms with Crippen molar-refractivity contribution in [2.24, 2.45) is 0 Å². The summed E-state index contributed by atoms with van der Waals surface area (Å²) in [5.74, 6) is -1.18. The molecule has 2 aromatic carbocycles. The summed E-state index contributed by atoms with van der Waals surface area (Å²) in [4.78, 5) is 12.2. The normalized spacial score (nSPS) is 11.9. The highest BCUT2D eigenvalue weighted by Crippen LogP contribution is 2.35. The maximum Gasteiger partial charge on any atom is 0.416 e. The minimum Gasteiger partial charge on any atom is -0.491 e. The second-order valence-corrected chi connectivity index (χ2v) is 8.67. The number of rotatable bonds is 8. The van der Waals surface area contributed by atoms with E-state index in [2.05, 4.69) is 5.32 Å². The number of carbonyl (C=O) groups excluding carboxylic acids is 1. The van der Waals surface area contributed by atoms with Crippen LogP contribution in [0.5, 0.6) is 5.75 Å². The average molecular weight is 450 g/mol. The summed E-state index contributed by atoms with van der Waals surface area (Å²) in [7, 11) is -3.75. The number of amides is 1. The van der Waals surface area contributed by atoms with Crippen molar-refractivity contribution in [3.63, 3.8) is 0 Å². The summed E-state index contributed by atoms with van der Waals surface area (Å²) >= 11 is 5.72. The summed E-state index contributed by atoms with van der Waals surface area (Å²) in [6.07, 6.45) is -4.41. The Hall–Kier alpha value is -2.26. The molecule has 10 heteroatoms. The number of alkyl halides is 3. The van der Waals surface area contributed by atoms with Gasteiger partial charge in [-0.3, -0.25) is 4.79 Å². The van der Waals surface area contributed by atoms with E-state index in [0.29, 0.717) is 11.4 Å². The number of hydrogen-bond acceptors (Lipinski definition) is 4. The molecule has 0 atom stereocenters. The van der Waals surface area contributed by atoms with E-state index in [9.17, 15) is 26.4 Å². The zero-order valence-corrected chi connectivity index (χ0v) is 17.0. The van der Waals surface area contributed by atoms with Gasteiger partial charge in [-0.2, -0.15) is 13.2 Å². The summed E-state index contributed by atoms with van der Waals surface area (Å²) < 4.78 is 68.9. The van der Waals surface area contributed by atoms with Crippen LogP contribution in [0.25, 0.3) is 0 Å². The van der Waals surface area contributed by atoms with Crippen molar-refractivity contribution in [1.82, 2.24) is 0 Å². The molecule has 2 aromatic rings. The average Bonchev–Trinajstić information content (AvgIpc) is 2.65. The SMILES string of the molecule is CCCOc1ccc(C(F)(F)F)cc1NC(=O)CCS(=O)(=O)c1ccc(Cl)cc1. The molecule has 1 amide bonds. The number of carbonyl (C=O) groups is 1. The lowest BCUT2D eigenvalue weighted by Crippen LogP contribution is -2.18. The maximum absolute atomic E-state index is 13.0. The first-order valence-electron chi connectivity index (χ1n) is 8.65. The fourth-order valence-corrected chi connectivity index (χ4v) is 3.71. The van der Waals surface area contributed by atoms with Crippen LogP contribution in [0.1, 0.15) is 25.3 Å². The highest BCUT2D eigenvalue weighted by Gasteiger charge is 2.31. The molecule has 2 rings (SSSR count). The number of sulfone groups is 1. The zero-order chi connectivity index (χ0) is 21.7. The lowest BCUT2D eigenvalue weighted by molar-refractivity contribution is -0.137. The molecule has 1 N–H and O–H groups in total. The minimum atomic E-state index is -4.60. The molecule has 0 aliphatic rings. The van der Waals surface area contributed by atoms with E-state index in [1.165, 1.54) is 24.3 Å². The highest BCUT2D eigenvalue weighted by molar-refractivity contribution is 7.91. The van der Waals surface area contributed by atoms with Gasteiger partial charge >= 0.3 is 6.18 Å². The van der Waals surface area contributed by atoms with E-state index in [4.69, 9.17) is 16.3 Å². The van der Waals surface area contributed by atoms with Crippen LogP contribution in [-0.4, -0.2) is 26.7 Å². The summed E-state index contributed by atoms with van der Waals surface area (Å²) in [5, 5.41) is 2.68. The largest absolute Gasteiger partial charge is 0.491 e. The molecule has 0 aliphatic carbocycles. The van der Waals surface area contributed by atoms with Crippen LogP contribution < -0.4 is 10.1 Å². The van der Waals surface area contributed by atoms with Gasteiger partial charge < -0.3 is 10.1 Å². The number of ether oxygens (including phenoxy) is 1. The molecule has 0 bridgehead atoms. The lowest BCUT2D eigenvalue weighted by atomic mass is 10.1. The second kappa shape index (κ2) is 9.49. The number of benzene rings is 2. The Bertz CT molecular complexity index is 960.